The highest BCUT2D eigenvalue weighted by Crippen LogP contribution is 2.31. The molecular weight excluding hydrogens is 337 g/mol. The molecule has 2 N–H and O–H groups in total. The SMILES string of the molecule is CC(=O)Nc1nc2cccc(-c3ccc(Cl)c(Cl)c3)c2c(=O)[nH]1. The van der Waals surface area contributed by atoms with Crippen molar-refractivity contribution in [2.75, 3.05) is 5.32 Å². The number of nitrogens with zero attached hydrogens (tertiary/aromatic N) is 1. The lowest BCUT2D eigenvalue weighted by molar-refractivity contribution is -0.114. The average molecular weight is 348 g/mol. The smallest absolute Gasteiger partial charge is 0.260 e. The van der Waals surface area contributed by atoms with E-state index in [-0.39, 0.29) is 17.4 Å². The lowest BCUT2D eigenvalue weighted by atomic mass is 10.0. The fourth-order valence-electron chi connectivity index (χ4n) is 2.32. The minimum atomic E-state index is -0.347. The standard InChI is InChI=1S/C16H11Cl2N3O2/c1-8(22)19-16-20-13-4-2-3-10(14(13)15(23)21-16)9-5-6-11(17)12(18)7-9/h2-7H,1H3,(H2,19,20,21,22,23). The predicted octanol–water partition coefficient (Wildman–Crippen LogP) is 3.86. The second-order valence-electron chi connectivity index (χ2n) is 4.92. The highest BCUT2D eigenvalue weighted by molar-refractivity contribution is 6.42. The number of amides is 1. The van der Waals surface area contributed by atoms with Gasteiger partial charge in [-0.05, 0) is 29.3 Å². The Morgan fingerprint density at radius 3 is 2.65 bits per heavy atom. The number of nitrogens with one attached hydrogen (secondary N) is 2. The van der Waals surface area contributed by atoms with E-state index in [1.54, 1.807) is 36.4 Å². The van der Waals surface area contributed by atoms with Crippen molar-refractivity contribution in [2.45, 2.75) is 6.92 Å². The van der Waals surface area contributed by atoms with Crippen LogP contribution in [0.2, 0.25) is 10.0 Å². The van der Waals surface area contributed by atoms with Crippen LogP contribution in [0, 0.1) is 0 Å². The van der Waals surface area contributed by atoms with Crippen LogP contribution in [0.15, 0.2) is 41.2 Å². The van der Waals surface area contributed by atoms with Crippen molar-refractivity contribution in [1.29, 1.82) is 0 Å². The summed E-state index contributed by atoms with van der Waals surface area (Å²) in [6, 6.07) is 10.4. The number of hydrogen-bond acceptors (Lipinski definition) is 3. The number of halogens is 2. The van der Waals surface area contributed by atoms with E-state index < -0.39 is 0 Å². The summed E-state index contributed by atoms with van der Waals surface area (Å²) in [6.45, 7) is 1.34. The summed E-state index contributed by atoms with van der Waals surface area (Å²) < 4.78 is 0. The summed E-state index contributed by atoms with van der Waals surface area (Å²) in [4.78, 5) is 30.4. The molecule has 0 saturated carbocycles. The van der Waals surface area contributed by atoms with Gasteiger partial charge in [0.2, 0.25) is 11.9 Å². The Morgan fingerprint density at radius 1 is 1.17 bits per heavy atom. The Balaban J connectivity index is 2.24. The van der Waals surface area contributed by atoms with Gasteiger partial charge in [-0.25, -0.2) is 4.98 Å². The molecular formula is C16H11Cl2N3O2. The first-order valence-electron chi connectivity index (χ1n) is 6.72. The molecule has 1 heterocycles. The predicted molar refractivity (Wildman–Crippen MR) is 92.1 cm³/mol. The molecule has 0 aliphatic heterocycles. The number of aromatic nitrogens is 2. The van der Waals surface area contributed by atoms with Gasteiger partial charge in [0.1, 0.15) is 0 Å². The van der Waals surface area contributed by atoms with Crippen LogP contribution in [-0.4, -0.2) is 15.9 Å². The third kappa shape index (κ3) is 3.06. The summed E-state index contributed by atoms with van der Waals surface area (Å²) in [6.07, 6.45) is 0. The molecule has 0 unspecified atom stereocenters. The fraction of sp³-hybridized carbons (Fsp3) is 0.0625. The fourth-order valence-corrected chi connectivity index (χ4v) is 2.62. The monoisotopic (exact) mass is 347 g/mol. The summed E-state index contributed by atoms with van der Waals surface area (Å²) in [5.74, 6) is -0.200. The van der Waals surface area contributed by atoms with Crippen molar-refractivity contribution in [3.8, 4) is 11.1 Å². The van der Waals surface area contributed by atoms with Gasteiger partial charge in [-0.3, -0.25) is 19.9 Å². The van der Waals surface area contributed by atoms with Crippen LogP contribution in [0.3, 0.4) is 0 Å². The summed E-state index contributed by atoms with van der Waals surface area (Å²) in [5, 5.41) is 3.73. The molecule has 0 radical (unpaired) electrons. The van der Waals surface area contributed by atoms with E-state index in [4.69, 9.17) is 23.2 Å². The lowest BCUT2D eigenvalue weighted by Gasteiger charge is -2.08. The molecule has 0 bridgehead atoms. The first-order chi connectivity index (χ1) is 11.0. The minimum absolute atomic E-state index is 0.112. The number of rotatable bonds is 2. The number of aromatic amines is 1. The van der Waals surface area contributed by atoms with Crippen LogP contribution in [0.4, 0.5) is 5.95 Å². The molecule has 0 fully saturated rings. The molecule has 0 spiro atoms. The summed E-state index contributed by atoms with van der Waals surface area (Å²) in [5.41, 5.74) is 1.57. The number of anilines is 1. The van der Waals surface area contributed by atoms with E-state index in [2.05, 4.69) is 15.3 Å². The summed E-state index contributed by atoms with van der Waals surface area (Å²) >= 11 is 12.0. The largest absolute Gasteiger partial charge is 0.296 e. The molecule has 7 heteroatoms. The van der Waals surface area contributed by atoms with E-state index in [1.807, 2.05) is 0 Å². The molecule has 23 heavy (non-hydrogen) atoms. The van der Waals surface area contributed by atoms with Crippen molar-refractivity contribution in [1.82, 2.24) is 9.97 Å². The third-order valence-corrected chi connectivity index (χ3v) is 4.00. The van der Waals surface area contributed by atoms with Crippen molar-refractivity contribution < 1.29 is 4.79 Å². The molecule has 3 rings (SSSR count). The Hall–Kier alpha value is -2.37. The molecule has 0 atom stereocenters. The quantitative estimate of drug-likeness (QED) is 0.739. The zero-order chi connectivity index (χ0) is 16.6. The van der Waals surface area contributed by atoms with Gasteiger partial charge >= 0.3 is 0 Å². The second kappa shape index (κ2) is 6.02. The molecule has 116 valence electrons. The van der Waals surface area contributed by atoms with E-state index in [1.165, 1.54) is 6.92 Å². The zero-order valence-electron chi connectivity index (χ0n) is 12.0. The van der Waals surface area contributed by atoms with Gasteiger partial charge in [0.15, 0.2) is 0 Å². The van der Waals surface area contributed by atoms with Crippen LogP contribution in [0.25, 0.3) is 22.0 Å². The molecule has 0 aliphatic carbocycles. The highest BCUT2D eigenvalue weighted by atomic mass is 35.5. The van der Waals surface area contributed by atoms with E-state index in [0.29, 0.717) is 26.5 Å². The van der Waals surface area contributed by atoms with Gasteiger partial charge in [0.25, 0.3) is 5.56 Å². The zero-order valence-corrected chi connectivity index (χ0v) is 13.5. The van der Waals surface area contributed by atoms with E-state index in [0.717, 1.165) is 5.56 Å². The Morgan fingerprint density at radius 2 is 1.96 bits per heavy atom. The average Bonchev–Trinajstić information content (AvgIpc) is 2.48. The van der Waals surface area contributed by atoms with Gasteiger partial charge in [0.05, 0.1) is 20.9 Å². The molecule has 1 amide bonds. The van der Waals surface area contributed by atoms with E-state index >= 15 is 0 Å². The number of carbonyl (C=O) groups is 1. The molecule has 2 aromatic carbocycles. The van der Waals surface area contributed by atoms with Crippen molar-refractivity contribution in [3.63, 3.8) is 0 Å². The minimum Gasteiger partial charge on any atom is -0.296 e. The first-order valence-corrected chi connectivity index (χ1v) is 7.47. The van der Waals surface area contributed by atoms with Crippen molar-refractivity contribution in [2.24, 2.45) is 0 Å². The Bertz CT molecular complexity index is 983. The number of hydrogen-bond donors (Lipinski definition) is 2. The maximum Gasteiger partial charge on any atom is 0.260 e. The Labute approximate surface area is 141 Å². The van der Waals surface area contributed by atoms with E-state index in [9.17, 15) is 9.59 Å². The highest BCUT2D eigenvalue weighted by Gasteiger charge is 2.11. The molecule has 3 aromatic rings. The lowest BCUT2D eigenvalue weighted by Crippen LogP contribution is -2.16. The molecule has 5 nitrogen and oxygen atoms in total. The number of benzene rings is 2. The van der Waals surface area contributed by atoms with Gasteiger partial charge in [0, 0.05) is 6.92 Å². The van der Waals surface area contributed by atoms with Gasteiger partial charge < -0.3 is 0 Å². The van der Waals surface area contributed by atoms with Gasteiger partial charge in [-0.15, -0.1) is 0 Å². The topological polar surface area (TPSA) is 74.8 Å². The molecule has 1 aromatic heterocycles. The third-order valence-electron chi connectivity index (χ3n) is 3.26. The number of carbonyl (C=O) groups excluding carboxylic acids is 1. The van der Waals surface area contributed by atoms with Crippen LogP contribution in [0.5, 0.6) is 0 Å². The van der Waals surface area contributed by atoms with Crippen molar-refractivity contribution in [3.05, 3.63) is 56.8 Å². The van der Waals surface area contributed by atoms with Crippen molar-refractivity contribution >= 4 is 46.0 Å². The number of fused-ring (bicyclic) bond motifs is 1. The maximum atomic E-state index is 12.4. The Kier molecular flexibility index (Phi) is 4.07. The normalized spacial score (nSPS) is 10.7. The van der Waals surface area contributed by atoms with Crippen LogP contribution < -0.4 is 10.9 Å². The van der Waals surface area contributed by atoms with Gasteiger partial charge in [-0.2, -0.15) is 0 Å². The van der Waals surface area contributed by atoms with Crippen LogP contribution in [0.1, 0.15) is 6.92 Å². The van der Waals surface area contributed by atoms with Crippen LogP contribution >= 0.6 is 23.2 Å². The number of H-pyrrole nitrogens is 1. The second-order valence-corrected chi connectivity index (χ2v) is 5.74. The first kappa shape index (κ1) is 15.5. The van der Waals surface area contributed by atoms with Crippen LogP contribution in [-0.2, 0) is 4.79 Å². The maximum absolute atomic E-state index is 12.4. The van der Waals surface area contributed by atoms with Gasteiger partial charge in [-0.1, -0.05) is 41.4 Å². The summed E-state index contributed by atoms with van der Waals surface area (Å²) in [7, 11) is 0. The molecule has 0 saturated heterocycles. The molecule has 0 aliphatic rings.